The first-order chi connectivity index (χ1) is 12.9. The average Bonchev–Trinajstić information content (AvgIpc) is 2.54. The SMILES string of the molecule is CCNC(=NCc1ccc(OC(C)(C)C)cc1C(F)(F)F)NCCNC(C)=O. The number of benzene rings is 1. The summed E-state index contributed by atoms with van der Waals surface area (Å²) >= 11 is 0. The fraction of sp³-hybridized carbons (Fsp3) is 0.579. The van der Waals surface area contributed by atoms with Crippen LogP contribution in [0.15, 0.2) is 23.2 Å². The average molecular weight is 402 g/mol. The zero-order valence-electron chi connectivity index (χ0n) is 17.0. The zero-order valence-corrected chi connectivity index (χ0v) is 17.0. The Morgan fingerprint density at radius 1 is 1.11 bits per heavy atom. The second-order valence-corrected chi connectivity index (χ2v) is 7.14. The van der Waals surface area contributed by atoms with E-state index in [0.29, 0.717) is 25.6 Å². The fourth-order valence-corrected chi connectivity index (χ4v) is 2.30. The molecule has 1 rings (SSSR count). The molecule has 0 bridgehead atoms. The number of amides is 1. The highest BCUT2D eigenvalue weighted by Gasteiger charge is 2.34. The van der Waals surface area contributed by atoms with Crippen LogP contribution in [-0.4, -0.2) is 37.1 Å². The van der Waals surface area contributed by atoms with Crippen LogP contribution in [0.4, 0.5) is 13.2 Å². The molecule has 1 aromatic carbocycles. The third-order valence-corrected chi connectivity index (χ3v) is 3.35. The van der Waals surface area contributed by atoms with Gasteiger partial charge in [0, 0.05) is 26.6 Å². The van der Waals surface area contributed by atoms with Crippen molar-refractivity contribution in [2.24, 2.45) is 4.99 Å². The normalized spacial score (nSPS) is 12.5. The summed E-state index contributed by atoms with van der Waals surface area (Å²) in [4.78, 5) is 15.1. The van der Waals surface area contributed by atoms with Crippen LogP contribution in [0, 0.1) is 0 Å². The van der Waals surface area contributed by atoms with E-state index in [4.69, 9.17) is 4.74 Å². The number of carbonyl (C=O) groups excluding carboxylic acids is 1. The summed E-state index contributed by atoms with van der Waals surface area (Å²) in [6, 6.07) is 3.91. The van der Waals surface area contributed by atoms with E-state index in [1.807, 2.05) is 6.92 Å². The predicted octanol–water partition coefficient (Wildman–Crippen LogP) is 3.07. The molecule has 0 heterocycles. The number of ether oxygens (including phenoxy) is 1. The largest absolute Gasteiger partial charge is 0.488 e. The zero-order chi connectivity index (χ0) is 21.4. The molecule has 0 radical (unpaired) electrons. The number of carbonyl (C=O) groups is 1. The number of guanidine groups is 1. The van der Waals surface area contributed by atoms with Gasteiger partial charge in [-0.3, -0.25) is 4.79 Å². The number of halogens is 3. The Balaban J connectivity index is 2.96. The first-order valence-electron chi connectivity index (χ1n) is 9.08. The lowest BCUT2D eigenvalue weighted by molar-refractivity contribution is -0.138. The van der Waals surface area contributed by atoms with Crippen LogP contribution in [0.25, 0.3) is 0 Å². The molecule has 6 nitrogen and oxygen atoms in total. The second kappa shape index (κ2) is 10.2. The van der Waals surface area contributed by atoms with Crippen molar-refractivity contribution in [1.82, 2.24) is 16.0 Å². The summed E-state index contributed by atoms with van der Waals surface area (Å²) in [5.41, 5.74) is -1.32. The van der Waals surface area contributed by atoms with Crippen molar-refractivity contribution < 1.29 is 22.7 Å². The Morgan fingerprint density at radius 3 is 2.29 bits per heavy atom. The maximum absolute atomic E-state index is 13.5. The van der Waals surface area contributed by atoms with E-state index < -0.39 is 17.3 Å². The van der Waals surface area contributed by atoms with Gasteiger partial charge in [-0.1, -0.05) is 6.07 Å². The van der Waals surface area contributed by atoms with Gasteiger partial charge >= 0.3 is 6.18 Å². The lowest BCUT2D eigenvalue weighted by Crippen LogP contribution is -2.41. The predicted molar refractivity (Wildman–Crippen MR) is 103 cm³/mol. The minimum Gasteiger partial charge on any atom is -0.488 e. The Labute approximate surface area is 163 Å². The smallest absolute Gasteiger partial charge is 0.416 e. The summed E-state index contributed by atoms with van der Waals surface area (Å²) < 4.78 is 46.0. The quantitative estimate of drug-likeness (QED) is 0.372. The van der Waals surface area contributed by atoms with Crippen molar-refractivity contribution in [3.8, 4) is 5.75 Å². The van der Waals surface area contributed by atoms with E-state index in [-0.39, 0.29) is 23.8 Å². The molecule has 9 heteroatoms. The minimum absolute atomic E-state index is 0.0489. The number of nitrogens with zero attached hydrogens (tertiary/aromatic N) is 1. The molecular weight excluding hydrogens is 373 g/mol. The molecule has 158 valence electrons. The van der Waals surface area contributed by atoms with Crippen LogP contribution in [0.3, 0.4) is 0 Å². The van der Waals surface area contributed by atoms with Gasteiger partial charge < -0.3 is 20.7 Å². The van der Waals surface area contributed by atoms with E-state index in [9.17, 15) is 18.0 Å². The highest BCUT2D eigenvalue weighted by molar-refractivity contribution is 5.79. The van der Waals surface area contributed by atoms with E-state index >= 15 is 0 Å². The van der Waals surface area contributed by atoms with Crippen molar-refractivity contribution in [3.05, 3.63) is 29.3 Å². The molecule has 1 amide bonds. The third kappa shape index (κ3) is 8.96. The molecule has 0 aliphatic heterocycles. The first-order valence-corrected chi connectivity index (χ1v) is 9.08. The maximum atomic E-state index is 13.5. The van der Waals surface area contributed by atoms with Gasteiger partial charge in [-0.05, 0) is 45.4 Å². The Hall–Kier alpha value is -2.45. The standard InChI is InChI=1S/C19H29F3N4O2/c1-6-23-17(25-10-9-24-13(2)27)26-12-14-7-8-15(28-18(3,4)5)11-16(14)19(20,21)22/h7-8,11H,6,9-10,12H2,1-5H3,(H,24,27)(H2,23,25,26). The summed E-state index contributed by atoms with van der Waals surface area (Å²) in [5, 5.41) is 8.55. The number of aliphatic imine (C=N–C) groups is 1. The van der Waals surface area contributed by atoms with Crippen molar-refractivity contribution >= 4 is 11.9 Å². The fourth-order valence-electron chi connectivity index (χ4n) is 2.30. The Kier molecular flexibility index (Phi) is 8.59. The molecule has 0 unspecified atom stereocenters. The van der Waals surface area contributed by atoms with Gasteiger partial charge in [-0.25, -0.2) is 4.99 Å². The van der Waals surface area contributed by atoms with Crippen molar-refractivity contribution in [2.75, 3.05) is 19.6 Å². The topological polar surface area (TPSA) is 74.8 Å². The molecule has 0 aromatic heterocycles. The summed E-state index contributed by atoms with van der Waals surface area (Å²) in [6.07, 6.45) is -4.51. The van der Waals surface area contributed by atoms with Gasteiger partial charge in [0.2, 0.25) is 5.91 Å². The van der Waals surface area contributed by atoms with E-state index in [2.05, 4.69) is 20.9 Å². The summed E-state index contributed by atoms with van der Waals surface area (Å²) in [6.45, 7) is 9.75. The maximum Gasteiger partial charge on any atom is 0.416 e. The first kappa shape index (κ1) is 23.6. The Bertz CT molecular complexity index is 683. The van der Waals surface area contributed by atoms with Gasteiger partial charge in [0.05, 0.1) is 12.1 Å². The van der Waals surface area contributed by atoms with Crippen molar-refractivity contribution in [2.45, 2.75) is 52.9 Å². The number of alkyl halides is 3. The van der Waals surface area contributed by atoms with Crippen molar-refractivity contribution in [1.29, 1.82) is 0 Å². The number of rotatable bonds is 7. The second-order valence-electron chi connectivity index (χ2n) is 7.14. The van der Waals surface area contributed by atoms with Crippen LogP contribution in [0.1, 0.15) is 45.7 Å². The number of hydrogen-bond donors (Lipinski definition) is 3. The van der Waals surface area contributed by atoms with Gasteiger partial charge in [0.1, 0.15) is 11.4 Å². The molecule has 28 heavy (non-hydrogen) atoms. The molecule has 0 atom stereocenters. The molecular formula is C19H29F3N4O2. The van der Waals surface area contributed by atoms with Gasteiger partial charge in [0.25, 0.3) is 0 Å². The van der Waals surface area contributed by atoms with Crippen LogP contribution < -0.4 is 20.7 Å². The molecule has 0 saturated heterocycles. The van der Waals surface area contributed by atoms with Crippen LogP contribution in [0.2, 0.25) is 0 Å². The van der Waals surface area contributed by atoms with Crippen LogP contribution in [-0.2, 0) is 17.5 Å². The van der Waals surface area contributed by atoms with Gasteiger partial charge in [0.15, 0.2) is 5.96 Å². The Morgan fingerprint density at radius 2 is 1.75 bits per heavy atom. The molecule has 0 spiro atoms. The minimum atomic E-state index is -4.51. The summed E-state index contributed by atoms with van der Waals surface area (Å²) in [5.74, 6) is 0.375. The molecule has 3 N–H and O–H groups in total. The molecule has 0 aliphatic rings. The lowest BCUT2D eigenvalue weighted by atomic mass is 10.1. The van der Waals surface area contributed by atoms with Crippen molar-refractivity contribution in [3.63, 3.8) is 0 Å². The van der Waals surface area contributed by atoms with E-state index in [1.165, 1.54) is 19.1 Å². The molecule has 0 aliphatic carbocycles. The third-order valence-electron chi connectivity index (χ3n) is 3.35. The number of hydrogen-bond acceptors (Lipinski definition) is 3. The van der Waals surface area contributed by atoms with E-state index in [0.717, 1.165) is 6.07 Å². The van der Waals surface area contributed by atoms with Gasteiger partial charge in [-0.15, -0.1) is 0 Å². The van der Waals surface area contributed by atoms with E-state index in [1.54, 1.807) is 20.8 Å². The van der Waals surface area contributed by atoms with Crippen LogP contribution >= 0.6 is 0 Å². The van der Waals surface area contributed by atoms with Gasteiger partial charge in [-0.2, -0.15) is 13.2 Å². The summed E-state index contributed by atoms with van der Waals surface area (Å²) in [7, 11) is 0. The molecule has 0 saturated carbocycles. The lowest BCUT2D eigenvalue weighted by Gasteiger charge is -2.22. The van der Waals surface area contributed by atoms with Crippen LogP contribution in [0.5, 0.6) is 5.75 Å². The highest BCUT2D eigenvalue weighted by atomic mass is 19.4. The monoisotopic (exact) mass is 402 g/mol. The number of nitrogens with one attached hydrogen (secondary N) is 3. The highest BCUT2D eigenvalue weighted by Crippen LogP contribution is 2.35. The molecule has 0 fully saturated rings. The molecule has 1 aromatic rings.